The van der Waals surface area contributed by atoms with Crippen molar-refractivity contribution in [3.63, 3.8) is 0 Å². The van der Waals surface area contributed by atoms with Crippen molar-refractivity contribution in [3.8, 4) is 0 Å². The summed E-state index contributed by atoms with van der Waals surface area (Å²) in [6.45, 7) is 12.1. The fourth-order valence-electron chi connectivity index (χ4n) is 2.68. The predicted octanol–water partition coefficient (Wildman–Crippen LogP) is 2.08. The molecule has 1 unspecified atom stereocenters. The summed E-state index contributed by atoms with van der Waals surface area (Å²) in [6.07, 6.45) is 1.99. The Hall–Kier alpha value is -0.410. The lowest BCUT2D eigenvalue weighted by atomic mass is 9.89. The molecule has 1 atom stereocenters. The van der Waals surface area contributed by atoms with Gasteiger partial charge in [-0.3, -0.25) is 4.79 Å². The molecule has 1 fully saturated rings. The summed E-state index contributed by atoms with van der Waals surface area (Å²) in [4.78, 5) is 14.3. The lowest BCUT2D eigenvalue weighted by Crippen LogP contribution is -2.42. The van der Waals surface area contributed by atoms with Gasteiger partial charge >= 0.3 is 0 Å². The summed E-state index contributed by atoms with van der Waals surface area (Å²) < 4.78 is 0. The van der Waals surface area contributed by atoms with E-state index in [4.69, 9.17) is 0 Å². The minimum Gasteiger partial charge on any atom is -0.389 e. The Morgan fingerprint density at radius 1 is 1.47 bits per heavy atom. The van der Waals surface area contributed by atoms with Crippen molar-refractivity contribution >= 4 is 5.78 Å². The fourth-order valence-corrected chi connectivity index (χ4v) is 2.68. The highest BCUT2D eigenvalue weighted by Crippen LogP contribution is 2.37. The van der Waals surface area contributed by atoms with E-state index in [1.165, 1.54) is 0 Å². The summed E-state index contributed by atoms with van der Waals surface area (Å²) in [7, 11) is 0. The second-order valence-corrected chi connectivity index (χ2v) is 6.62. The van der Waals surface area contributed by atoms with Gasteiger partial charge in [0.05, 0.1) is 5.60 Å². The number of aliphatic hydroxyl groups is 1. The number of ketones is 1. The van der Waals surface area contributed by atoms with E-state index < -0.39 is 5.60 Å². The lowest BCUT2D eigenvalue weighted by molar-refractivity contribution is -0.128. The van der Waals surface area contributed by atoms with Crippen LogP contribution in [0.2, 0.25) is 0 Å². The van der Waals surface area contributed by atoms with Crippen LogP contribution < -0.4 is 0 Å². The molecule has 0 heterocycles. The average Bonchev–Trinajstić information content (AvgIpc) is 2.42. The van der Waals surface area contributed by atoms with Crippen LogP contribution in [0.25, 0.3) is 0 Å². The molecule has 0 amide bonds. The van der Waals surface area contributed by atoms with Gasteiger partial charge in [-0.05, 0) is 33.2 Å². The average molecular weight is 241 g/mol. The fraction of sp³-hybridized carbons (Fsp3) is 0.929. The minimum atomic E-state index is -0.687. The van der Waals surface area contributed by atoms with Gasteiger partial charge in [0.15, 0.2) is 0 Å². The quantitative estimate of drug-likeness (QED) is 0.801. The molecule has 1 aliphatic carbocycles. The number of rotatable bonds is 5. The van der Waals surface area contributed by atoms with Gasteiger partial charge in [-0.2, -0.15) is 0 Å². The summed E-state index contributed by atoms with van der Waals surface area (Å²) >= 11 is 0. The lowest BCUT2D eigenvalue weighted by Gasteiger charge is -2.30. The first-order valence-corrected chi connectivity index (χ1v) is 6.65. The Balaban J connectivity index is 2.56. The van der Waals surface area contributed by atoms with Crippen LogP contribution in [-0.4, -0.2) is 41.0 Å². The molecule has 0 bridgehead atoms. The zero-order valence-corrected chi connectivity index (χ0v) is 11.9. The van der Waals surface area contributed by atoms with Crippen molar-refractivity contribution in [2.24, 2.45) is 11.3 Å². The third kappa shape index (κ3) is 4.07. The van der Waals surface area contributed by atoms with Gasteiger partial charge in [0.2, 0.25) is 0 Å². The standard InChI is InChI=1S/C14H27NO2/c1-6-15(10-14(4,5)17)9-11-7-8-13(2,3)12(11)16/h11,17H,6-10H2,1-5H3. The predicted molar refractivity (Wildman–Crippen MR) is 69.9 cm³/mol. The Morgan fingerprint density at radius 2 is 2.06 bits per heavy atom. The molecule has 3 heteroatoms. The normalized spacial score (nSPS) is 24.6. The van der Waals surface area contributed by atoms with Crippen LogP contribution in [0.15, 0.2) is 0 Å². The van der Waals surface area contributed by atoms with Gasteiger partial charge in [0.25, 0.3) is 0 Å². The summed E-state index contributed by atoms with van der Waals surface area (Å²) in [6, 6.07) is 0. The number of carbonyl (C=O) groups is 1. The molecule has 1 N–H and O–H groups in total. The molecule has 17 heavy (non-hydrogen) atoms. The first-order chi connectivity index (χ1) is 7.65. The third-order valence-electron chi connectivity index (χ3n) is 3.69. The molecule has 0 aromatic carbocycles. The van der Waals surface area contributed by atoms with Gasteiger partial charge in [-0.25, -0.2) is 0 Å². The van der Waals surface area contributed by atoms with E-state index in [0.717, 1.165) is 25.9 Å². The zero-order valence-electron chi connectivity index (χ0n) is 11.9. The maximum atomic E-state index is 12.2. The number of hydrogen-bond donors (Lipinski definition) is 1. The van der Waals surface area contributed by atoms with E-state index in [1.807, 2.05) is 27.7 Å². The molecule has 0 aromatic heterocycles. The molecule has 0 saturated heterocycles. The van der Waals surface area contributed by atoms with Crippen LogP contribution in [0.1, 0.15) is 47.5 Å². The maximum absolute atomic E-state index is 12.2. The molecule has 0 aromatic rings. The van der Waals surface area contributed by atoms with E-state index in [0.29, 0.717) is 12.3 Å². The summed E-state index contributed by atoms with van der Waals surface area (Å²) in [5.74, 6) is 0.555. The smallest absolute Gasteiger partial charge is 0.142 e. The maximum Gasteiger partial charge on any atom is 0.142 e. The summed E-state index contributed by atoms with van der Waals surface area (Å²) in [5.41, 5.74) is -0.827. The molecular formula is C14H27NO2. The van der Waals surface area contributed by atoms with Gasteiger partial charge in [-0.1, -0.05) is 20.8 Å². The molecule has 1 rings (SSSR count). The van der Waals surface area contributed by atoms with E-state index in [9.17, 15) is 9.90 Å². The zero-order chi connectivity index (χ0) is 13.3. The van der Waals surface area contributed by atoms with E-state index in [1.54, 1.807) is 0 Å². The van der Waals surface area contributed by atoms with Gasteiger partial charge < -0.3 is 10.0 Å². The molecule has 1 aliphatic rings. The minimum absolute atomic E-state index is 0.140. The number of likely N-dealkylation sites (N-methyl/N-ethyl adjacent to an activating group) is 1. The first kappa shape index (κ1) is 14.7. The third-order valence-corrected chi connectivity index (χ3v) is 3.69. The van der Waals surface area contributed by atoms with Crippen LogP contribution >= 0.6 is 0 Å². The second kappa shape index (κ2) is 5.07. The van der Waals surface area contributed by atoms with Crippen LogP contribution in [0.5, 0.6) is 0 Å². The monoisotopic (exact) mass is 241 g/mol. The Bertz CT molecular complexity index is 278. The van der Waals surface area contributed by atoms with E-state index in [-0.39, 0.29) is 11.3 Å². The van der Waals surface area contributed by atoms with Crippen LogP contribution in [0.3, 0.4) is 0 Å². The van der Waals surface area contributed by atoms with Crippen molar-refractivity contribution in [3.05, 3.63) is 0 Å². The van der Waals surface area contributed by atoms with Crippen molar-refractivity contribution in [1.82, 2.24) is 4.90 Å². The van der Waals surface area contributed by atoms with E-state index >= 15 is 0 Å². The van der Waals surface area contributed by atoms with Crippen LogP contribution in [0, 0.1) is 11.3 Å². The molecule has 3 nitrogen and oxygen atoms in total. The SMILES string of the molecule is CCN(CC1CCC(C)(C)C1=O)CC(C)(C)O. The van der Waals surface area contributed by atoms with Gasteiger partial charge in [-0.15, -0.1) is 0 Å². The number of nitrogens with zero attached hydrogens (tertiary/aromatic N) is 1. The highest BCUT2D eigenvalue weighted by molar-refractivity contribution is 5.88. The second-order valence-electron chi connectivity index (χ2n) is 6.62. The number of Topliss-reactive ketones (excluding diaryl/α,β-unsaturated/α-hetero) is 1. The molecule has 1 saturated carbocycles. The molecular weight excluding hydrogens is 214 g/mol. The van der Waals surface area contributed by atoms with Gasteiger partial charge in [0.1, 0.15) is 5.78 Å². The molecule has 0 aliphatic heterocycles. The molecule has 100 valence electrons. The number of hydrogen-bond acceptors (Lipinski definition) is 3. The Morgan fingerprint density at radius 3 is 2.41 bits per heavy atom. The van der Waals surface area contributed by atoms with Crippen LogP contribution in [-0.2, 0) is 4.79 Å². The highest BCUT2D eigenvalue weighted by atomic mass is 16.3. The Kier molecular flexibility index (Phi) is 4.37. The van der Waals surface area contributed by atoms with Crippen molar-refractivity contribution in [1.29, 1.82) is 0 Å². The summed E-state index contributed by atoms with van der Waals surface area (Å²) in [5, 5.41) is 9.84. The van der Waals surface area contributed by atoms with Crippen molar-refractivity contribution in [2.75, 3.05) is 19.6 Å². The van der Waals surface area contributed by atoms with Crippen molar-refractivity contribution in [2.45, 2.75) is 53.1 Å². The van der Waals surface area contributed by atoms with E-state index in [2.05, 4.69) is 11.8 Å². The molecule has 0 spiro atoms. The van der Waals surface area contributed by atoms with Crippen LogP contribution in [0.4, 0.5) is 0 Å². The van der Waals surface area contributed by atoms with Crippen molar-refractivity contribution < 1.29 is 9.90 Å². The topological polar surface area (TPSA) is 40.5 Å². The number of carbonyl (C=O) groups excluding carboxylic acids is 1. The molecule has 0 radical (unpaired) electrons. The highest BCUT2D eigenvalue weighted by Gasteiger charge is 2.40. The first-order valence-electron chi connectivity index (χ1n) is 6.65. The Labute approximate surface area is 105 Å². The van der Waals surface area contributed by atoms with Gasteiger partial charge in [0, 0.05) is 24.4 Å². The largest absolute Gasteiger partial charge is 0.389 e.